The van der Waals surface area contributed by atoms with Crippen LogP contribution in [-0.2, 0) is 15.6 Å². The molecule has 0 radical (unpaired) electrons. The molecule has 1 atom stereocenters. The standard InChI is InChI=1S/C28H33N7O3S/c1-19-6-9-24(20(2)16-19)39(38)28-26-29-27(37)22-8-7-21(17-23(22)35(26)31-30-28)33-13-5-10-32(14-15-33)18-25(36)34-11-3-4-12-34/h6-9,16-17,31H,3-5,10-15,18H2,1-2H3. The highest BCUT2D eigenvalue weighted by molar-refractivity contribution is 7.85. The first-order chi connectivity index (χ1) is 18.9. The summed E-state index contributed by atoms with van der Waals surface area (Å²) in [5.74, 6) is 0.231. The number of aromatic amines is 1. The molecule has 2 saturated heterocycles. The maximum atomic E-state index is 13.5. The van der Waals surface area contributed by atoms with Gasteiger partial charge in [-0.05, 0) is 62.9 Å². The smallest absolute Gasteiger partial charge is 0.281 e. The fraction of sp³-hybridized carbons (Fsp3) is 0.429. The van der Waals surface area contributed by atoms with Crippen molar-refractivity contribution >= 4 is 38.9 Å². The topological polar surface area (TPSA) is 107 Å². The first kappa shape index (κ1) is 25.7. The third-order valence-corrected chi connectivity index (χ3v) is 9.27. The Bertz CT molecular complexity index is 1640. The molecular formula is C28H33N7O3S. The highest BCUT2D eigenvalue weighted by atomic mass is 32.2. The van der Waals surface area contributed by atoms with E-state index in [1.54, 1.807) is 10.6 Å². The summed E-state index contributed by atoms with van der Waals surface area (Å²) in [4.78, 5) is 37.1. The molecule has 39 heavy (non-hydrogen) atoms. The number of hydrogen-bond acceptors (Lipinski definition) is 7. The number of amides is 1. The summed E-state index contributed by atoms with van der Waals surface area (Å²) in [6.07, 6.45) is 3.15. The number of nitrogens with zero attached hydrogens (tertiary/aromatic N) is 6. The summed E-state index contributed by atoms with van der Waals surface area (Å²) in [7, 11) is -1.59. The minimum Gasteiger partial charge on any atom is -0.370 e. The third kappa shape index (κ3) is 4.96. The molecule has 0 saturated carbocycles. The van der Waals surface area contributed by atoms with Gasteiger partial charge in [0.15, 0.2) is 10.7 Å². The monoisotopic (exact) mass is 547 g/mol. The van der Waals surface area contributed by atoms with Crippen LogP contribution in [0.25, 0.3) is 16.6 Å². The van der Waals surface area contributed by atoms with E-state index >= 15 is 0 Å². The summed E-state index contributed by atoms with van der Waals surface area (Å²) in [5.41, 5.74) is 3.51. The Kier molecular flexibility index (Phi) is 6.94. The van der Waals surface area contributed by atoms with Crippen molar-refractivity contribution < 1.29 is 9.00 Å². The molecule has 2 aliphatic rings. The number of H-pyrrole nitrogens is 1. The fourth-order valence-corrected chi connectivity index (χ4v) is 6.85. The lowest BCUT2D eigenvalue weighted by Gasteiger charge is -2.25. The number of nitrogens with one attached hydrogen (secondary N) is 1. The first-order valence-corrected chi connectivity index (χ1v) is 14.7. The maximum Gasteiger partial charge on any atom is 0.281 e. The lowest BCUT2D eigenvalue weighted by Crippen LogP contribution is -2.40. The number of fused-ring (bicyclic) bond motifs is 3. The van der Waals surface area contributed by atoms with Crippen molar-refractivity contribution in [2.24, 2.45) is 0 Å². The number of anilines is 1. The zero-order valence-electron chi connectivity index (χ0n) is 22.4. The van der Waals surface area contributed by atoms with Gasteiger partial charge < -0.3 is 9.80 Å². The molecule has 10 nitrogen and oxygen atoms in total. The van der Waals surface area contributed by atoms with Crippen molar-refractivity contribution in [1.29, 1.82) is 0 Å². The van der Waals surface area contributed by atoms with Gasteiger partial charge in [0.05, 0.1) is 17.4 Å². The van der Waals surface area contributed by atoms with E-state index in [-0.39, 0.29) is 22.1 Å². The van der Waals surface area contributed by atoms with Crippen molar-refractivity contribution in [2.45, 2.75) is 43.0 Å². The SMILES string of the molecule is Cc1ccc(S(=O)c2n[nH]n3c2nc(=O)c2ccc(N4CCCN(CC(=O)N5CCCC5)CC4)cc23)c(C)c1. The van der Waals surface area contributed by atoms with Crippen LogP contribution < -0.4 is 10.5 Å². The van der Waals surface area contributed by atoms with E-state index in [1.807, 2.05) is 49.1 Å². The second-order valence-electron chi connectivity index (χ2n) is 10.5. The van der Waals surface area contributed by atoms with Gasteiger partial charge >= 0.3 is 0 Å². The van der Waals surface area contributed by atoms with E-state index in [1.165, 1.54) is 0 Å². The Balaban J connectivity index is 1.28. The van der Waals surface area contributed by atoms with Crippen LogP contribution in [0.15, 0.2) is 51.1 Å². The fourth-order valence-electron chi connectivity index (χ4n) is 5.67. The molecule has 0 bridgehead atoms. The number of rotatable bonds is 5. The summed E-state index contributed by atoms with van der Waals surface area (Å²) in [5, 5.41) is 7.98. The summed E-state index contributed by atoms with van der Waals surface area (Å²) < 4.78 is 15.1. The van der Waals surface area contributed by atoms with Crippen molar-refractivity contribution in [1.82, 2.24) is 29.6 Å². The van der Waals surface area contributed by atoms with E-state index in [0.29, 0.717) is 22.3 Å². The van der Waals surface area contributed by atoms with Gasteiger partial charge in [0.25, 0.3) is 5.56 Å². The Labute approximate surface area is 229 Å². The largest absolute Gasteiger partial charge is 0.370 e. The zero-order valence-corrected chi connectivity index (χ0v) is 23.2. The molecule has 2 aromatic carbocycles. The molecule has 0 aliphatic carbocycles. The molecule has 1 N–H and O–H groups in total. The van der Waals surface area contributed by atoms with Crippen LogP contribution in [0.4, 0.5) is 5.69 Å². The molecule has 4 aromatic rings. The summed E-state index contributed by atoms with van der Waals surface area (Å²) in [6.45, 7) is 9.46. The maximum absolute atomic E-state index is 13.5. The molecule has 0 spiro atoms. The van der Waals surface area contributed by atoms with Gasteiger partial charge in [0, 0.05) is 49.9 Å². The Morgan fingerprint density at radius 3 is 2.59 bits per heavy atom. The molecule has 2 aromatic heterocycles. The molecule has 2 aliphatic heterocycles. The van der Waals surface area contributed by atoms with Crippen molar-refractivity contribution in [3.05, 3.63) is 57.9 Å². The number of likely N-dealkylation sites (tertiary alicyclic amines) is 1. The summed E-state index contributed by atoms with van der Waals surface area (Å²) >= 11 is 0. The van der Waals surface area contributed by atoms with Crippen LogP contribution in [-0.4, -0.2) is 85.5 Å². The number of aryl methyl sites for hydroxylation is 2. The van der Waals surface area contributed by atoms with E-state index in [9.17, 15) is 13.8 Å². The van der Waals surface area contributed by atoms with Crippen molar-refractivity contribution in [3.8, 4) is 0 Å². The Morgan fingerprint density at radius 2 is 1.79 bits per heavy atom. The highest BCUT2D eigenvalue weighted by Crippen LogP contribution is 2.25. The molecule has 2 fully saturated rings. The number of benzene rings is 2. The Hall–Kier alpha value is -3.57. The van der Waals surface area contributed by atoms with Gasteiger partial charge in [-0.15, -0.1) is 5.10 Å². The normalized spacial score (nSPS) is 17.7. The lowest BCUT2D eigenvalue weighted by molar-refractivity contribution is -0.131. The second kappa shape index (κ2) is 10.5. The molecule has 1 amide bonds. The van der Waals surface area contributed by atoms with Crippen LogP contribution in [0.3, 0.4) is 0 Å². The van der Waals surface area contributed by atoms with E-state index in [4.69, 9.17) is 0 Å². The van der Waals surface area contributed by atoms with Crippen LogP contribution in [0.1, 0.15) is 30.4 Å². The lowest BCUT2D eigenvalue weighted by atomic mass is 10.2. The predicted molar refractivity (Wildman–Crippen MR) is 151 cm³/mol. The molecule has 6 rings (SSSR count). The van der Waals surface area contributed by atoms with Crippen LogP contribution in [0.2, 0.25) is 0 Å². The molecule has 4 heterocycles. The minimum absolute atomic E-state index is 0.231. The number of carbonyl (C=O) groups is 1. The molecule has 1 unspecified atom stereocenters. The van der Waals surface area contributed by atoms with Crippen molar-refractivity contribution in [3.63, 3.8) is 0 Å². The number of carbonyl (C=O) groups excluding carboxylic acids is 1. The van der Waals surface area contributed by atoms with Gasteiger partial charge in [-0.25, -0.2) is 13.9 Å². The van der Waals surface area contributed by atoms with Gasteiger partial charge in [0.1, 0.15) is 10.8 Å². The quantitative estimate of drug-likeness (QED) is 0.409. The van der Waals surface area contributed by atoms with Crippen LogP contribution in [0, 0.1) is 13.8 Å². The molecule has 204 valence electrons. The van der Waals surface area contributed by atoms with Gasteiger partial charge in [0.2, 0.25) is 5.91 Å². The van der Waals surface area contributed by atoms with Gasteiger partial charge in [-0.2, -0.15) is 4.98 Å². The van der Waals surface area contributed by atoms with Gasteiger partial charge in [-0.1, -0.05) is 17.7 Å². The summed E-state index contributed by atoms with van der Waals surface area (Å²) in [6, 6.07) is 11.5. The van der Waals surface area contributed by atoms with Crippen LogP contribution in [0.5, 0.6) is 0 Å². The molecular weight excluding hydrogens is 514 g/mol. The van der Waals surface area contributed by atoms with Crippen molar-refractivity contribution in [2.75, 3.05) is 50.7 Å². The van der Waals surface area contributed by atoms with E-state index in [0.717, 1.165) is 75.3 Å². The minimum atomic E-state index is -1.59. The Morgan fingerprint density at radius 1 is 0.974 bits per heavy atom. The first-order valence-electron chi connectivity index (χ1n) is 13.5. The average molecular weight is 548 g/mol. The second-order valence-corrected chi connectivity index (χ2v) is 11.9. The predicted octanol–water partition coefficient (Wildman–Crippen LogP) is 2.49. The van der Waals surface area contributed by atoms with Gasteiger partial charge in [-0.3, -0.25) is 14.5 Å². The highest BCUT2D eigenvalue weighted by Gasteiger charge is 2.24. The zero-order chi connectivity index (χ0) is 27.1. The molecule has 11 heteroatoms. The number of aromatic nitrogens is 4. The third-order valence-electron chi connectivity index (χ3n) is 7.79. The average Bonchev–Trinajstić information content (AvgIpc) is 3.55. The van der Waals surface area contributed by atoms with E-state index < -0.39 is 10.8 Å². The van der Waals surface area contributed by atoms with Crippen LogP contribution >= 0.6 is 0 Å². The van der Waals surface area contributed by atoms with E-state index in [2.05, 4.69) is 25.1 Å². The number of hydrogen-bond donors (Lipinski definition) is 1.